The zero-order valence-corrected chi connectivity index (χ0v) is 19.1. The SMILES string of the molecule is C/C=C(\C=C(/C)C(C(=O)NC1=CCCC(c2cnnc3c2=CCCC=3)=N1)c1ccon1)NC. The van der Waals surface area contributed by atoms with E-state index < -0.39 is 5.92 Å². The van der Waals surface area contributed by atoms with Crippen molar-refractivity contribution in [3.63, 3.8) is 0 Å². The summed E-state index contributed by atoms with van der Waals surface area (Å²) in [5.74, 6) is -0.283. The molecule has 8 nitrogen and oxygen atoms in total. The Morgan fingerprint density at radius 1 is 1.21 bits per heavy atom. The minimum absolute atomic E-state index is 0.213. The third-order valence-electron chi connectivity index (χ3n) is 5.76. The van der Waals surface area contributed by atoms with Gasteiger partial charge in [0.15, 0.2) is 0 Å². The van der Waals surface area contributed by atoms with Gasteiger partial charge >= 0.3 is 0 Å². The number of hydrogen-bond acceptors (Lipinski definition) is 7. The molecule has 2 N–H and O–H groups in total. The number of rotatable bonds is 7. The summed E-state index contributed by atoms with van der Waals surface area (Å²) in [5, 5.41) is 20.5. The van der Waals surface area contributed by atoms with Crippen LogP contribution in [0.15, 0.2) is 63.4 Å². The van der Waals surface area contributed by atoms with Gasteiger partial charge in [0.1, 0.15) is 23.7 Å². The van der Waals surface area contributed by atoms with Gasteiger partial charge in [0.2, 0.25) is 5.91 Å². The molecule has 0 spiro atoms. The van der Waals surface area contributed by atoms with Gasteiger partial charge in [-0.2, -0.15) is 10.2 Å². The molecule has 170 valence electrons. The quantitative estimate of drug-likeness (QED) is 0.635. The van der Waals surface area contributed by atoms with Crippen molar-refractivity contribution in [2.24, 2.45) is 4.99 Å². The summed E-state index contributed by atoms with van der Waals surface area (Å²) >= 11 is 0. The summed E-state index contributed by atoms with van der Waals surface area (Å²) in [6, 6.07) is 1.71. The highest BCUT2D eigenvalue weighted by molar-refractivity contribution is 6.02. The summed E-state index contributed by atoms with van der Waals surface area (Å²) in [7, 11) is 1.84. The average molecular weight is 445 g/mol. The van der Waals surface area contributed by atoms with Crippen LogP contribution in [-0.4, -0.2) is 34.0 Å². The van der Waals surface area contributed by atoms with Crippen LogP contribution in [-0.2, 0) is 4.79 Å². The Morgan fingerprint density at radius 2 is 2.06 bits per heavy atom. The number of likely N-dealkylation sites (N-methyl/N-ethyl adjacent to an activating group) is 1. The van der Waals surface area contributed by atoms with Crippen molar-refractivity contribution in [2.45, 2.75) is 45.4 Å². The summed E-state index contributed by atoms with van der Waals surface area (Å²) < 4.78 is 5.02. The highest BCUT2D eigenvalue weighted by Crippen LogP contribution is 2.25. The molecule has 1 atom stereocenters. The fourth-order valence-corrected chi connectivity index (χ4v) is 4.09. The lowest BCUT2D eigenvalue weighted by Gasteiger charge is -2.19. The summed E-state index contributed by atoms with van der Waals surface area (Å²) in [5.41, 5.74) is 4.18. The van der Waals surface area contributed by atoms with E-state index in [0.29, 0.717) is 11.5 Å². The van der Waals surface area contributed by atoms with Crippen LogP contribution < -0.4 is 21.2 Å². The van der Waals surface area contributed by atoms with Gasteiger partial charge in [-0.1, -0.05) is 29.0 Å². The fourth-order valence-electron chi connectivity index (χ4n) is 4.09. The fraction of sp³-hybridized carbons (Fsp3) is 0.320. The summed E-state index contributed by atoms with van der Waals surface area (Å²) in [4.78, 5) is 18.1. The maximum atomic E-state index is 13.4. The predicted octanol–water partition coefficient (Wildman–Crippen LogP) is 2.21. The molecule has 0 aromatic carbocycles. The van der Waals surface area contributed by atoms with E-state index in [-0.39, 0.29) is 5.91 Å². The summed E-state index contributed by atoms with van der Waals surface area (Å²) in [6.45, 7) is 3.84. The largest absolute Gasteiger partial charge is 0.388 e. The lowest BCUT2D eigenvalue weighted by atomic mass is 9.94. The first-order valence-electron chi connectivity index (χ1n) is 11.1. The normalized spacial score (nSPS) is 17.1. The van der Waals surface area contributed by atoms with E-state index in [9.17, 15) is 4.79 Å². The molecule has 2 aromatic rings. The summed E-state index contributed by atoms with van der Waals surface area (Å²) in [6.07, 6.45) is 16.9. The highest BCUT2D eigenvalue weighted by atomic mass is 16.5. The molecule has 3 heterocycles. The van der Waals surface area contributed by atoms with Crippen LogP contribution in [0.25, 0.3) is 12.2 Å². The zero-order chi connectivity index (χ0) is 23.2. The Balaban J connectivity index is 1.62. The molecule has 0 saturated carbocycles. The minimum Gasteiger partial charge on any atom is -0.388 e. The number of carbonyl (C=O) groups excluding carboxylic acids is 1. The number of nitrogens with one attached hydrogen (secondary N) is 2. The van der Waals surface area contributed by atoms with Gasteiger partial charge in [-0.3, -0.25) is 4.79 Å². The Kier molecular flexibility index (Phi) is 6.92. The average Bonchev–Trinajstić information content (AvgIpc) is 3.36. The van der Waals surface area contributed by atoms with Crippen LogP contribution in [0.5, 0.6) is 0 Å². The molecule has 0 saturated heterocycles. The van der Waals surface area contributed by atoms with E-state index in [2.05, 4.69) is 38.1 Å². The number of carbonyl (C=O) groups is 1. The Hall–Kier alpha value is -3.81. The minimum atomic E-state index is -0.605. The number of nitrogens with zero attached hydrogens (tertiary/aromatic N) is 4. The lowest BCUT2D eigenvalue weighted by molar-refractivity contribution is -0.121. The van der Waals surface area contributed by atoms with Gasteiger partial charge in [0, 0.05) is 29.6 Å². The first kappa shape index (κ1) is 22.4. The van der Waals surface area contributed by atoms with Crippen molar-refractivity contribution < 1.29 is 9.32 Å². The van der Waals surface area contributed by atoms with E-state index >= 15 is 0 Å². The van der Waals surface area contributed by atoms with E-state index in [1.165, 1.54) is 6.26 Å². The van der Waals surface area contributed by atoms with Crippen molar-refractivity contribution in [1.29, 1.82) is 0 Å². The Labute approximate surface area is 192 Å². The van der Waals surface area contributed by atoms with Gasteiger partial charge in [-0.05, 0) is 51.7 Å². The number of allylic oxidation sites excluding steroid dienone is 3. The predicted molar refractivity (Wildman–Crippen MR) is 127 cm³/mol. The molecule has 1 aliphatic carbocycles. The lowest BCUT2D eigenvalue weighted by Crippen LogP contribution is -2.37. The maximum Gasteiger partial charge on any atom is 0.238 e. The smallest absolute Gasteiger partial charge is 0.238 e. The highest BCUT2D eigenvalue weighted by Gasteiger charge is 2.26. The van der Waals surface area contributed by atoms with Crippen molar-refractivity contribution >= 4 is 23.8 Å². The second kappa shape index (κ2) is 10.2. The first-order chi connectivity index (χ1) is 16.1. The second-order valence-electron chi connectivity index (χ2n) is 7.96. The van der Waals surface area contributed by atoms with E-state index in [0.717, 1.165) is 58.8 Å². The molecule has 1 amide bonds. The van der Waals surface area contributed by atoms with Gasteiger partial charge < -0.3 is 15.2 Å². The topological polar surface area (TPSA) is 105 Å². The molecule has 33 heavy (non-hydrogen) atoms. The standard InChI is InChI=1S/C25H28N6O2/c1-4-17(26-3)14-16(2)24(22-12-13-33-31-22)25(32)29-23-11-7-10-20(28-23)19-15-27-30-21-9-6-5-8-18(19)21/h4,8-9,11-15,24,26H,5-7,10H2,1-3H3,(H,29,32)/b16-14+,17-4+. The van der Waals surface area contributed by atoms with E-state index in [4.69, 9.17) is 9.52 Å². The number of amides is 1. The van der Waals surface area contributed by atoms with Crippen LogP contribution in [0.3, 0.4) is 0 Å². The third-order valence-corrected chi connectivity index (χ3v) is 5.76. The van der Waals surface area contributed by atoms with Crippen LogP contribution >= 0.6 is 0 Å². The monoisotopic (exact) mass is 444 g/mol. The van der Waals surface area contributed by atoms with Crippen LogP contribution in [0.4, 0.5) is 0 Å². The van der Waals surface area contributed by atoms with Gasteiger partial charge in [0.25, 0.3) is 0 Å². The third kappa shape index (κ3) is 5.00. The Morgan fingerprint density at radius 3 is 2.82 bits per heavy atom. The van der Waals surface area contributed by atoms with E-state index in [1.54, 1.807) is 12.3 Å². The van der Waals surface area contributed by atoms with Crippen LogP contribution in [0.2, 0.25) is 0 Å². The molecule has 0 fully saturated rings. The number of hydrogen-bond donors (Lipinski definition) is 2. The molecule has 0 radical (unpaired) electrons. The molecule has 0 bridgehead atoms. The second-order valence-corrected chi connectivity index (χ2v) is 7.96. The molecule has 2 aliphatic rings. The van der Waals surface area contributed by atoms with Crippen LogP contribution in [0.1, 0.15) is 56.7 Å². The van der Waals surface area contributed by atoms with E-state index in [1.807, 2.05) is 39.1 Å². The molecule has 4 rings (SSSR count). The van der Waals surface area contributed by atoms with Crippen molar-refractivity contribution in [3.8, 4) is 0 Å². The van der Waals surface area contributed by atoms with Crippen molar-refractivity contribution in [1.82, 2.24) is 26.0 Å². The first-order valence-corrected chi connectivity index (χ1v) is 11.1. The molecule has 2 aromatic heterocycles. The van der Waals surface area contributed by atoms with Gasteiger partial charge in [-0.25, -0.2) is 4.99 Å². The van der Waals surface area contributed by atoms with Crippen LogP contribution in [0, 0.1) is 0 Å². The maximum absolute atomic E-state index is 13.4. The molecule has 1 unspecified atom stereocenters. The number of aromatic nitrogens is 3. The zero-order valence-electron chi connectivity index (χ0n) is 19.1. The van der Waals surface area contributed by atoms with Gasteiger partial charge in [-0.15, -0.1) is 0 Å². The number of fused-ring (bicyclic) bond motifs is 1. The van der Waals surface area contributed by atoms with Crippen molar-refractivity contribution in [2.75, 3.05) is 7.05 Å². The molecular weight excluding hydrogens is 416 g/mol. The van der Waals surface area contributed by atoms with Crippen molar-refractivity contribution in [3.05, 3.63) is 75.7 Å². The number of aliphatic imine (C=N–C) groups is 1. The van der Waals surface area contributed by atoms with Gasteiger partial charge in [0.05, 0.1) is 17.3 Å². The molecule has 8 heteroatoms. The molecule has 1 aliphatic heterocycles. The molecular formula is C25H28N6O2. The Bertz CT molecular complexity index is 1270.